The van der Waals surface area contributed by atoms with E-state index in [-0.39, 0.29) is 0 Å². The third kappa shape index (κ3) is 5.21. The molecule has 100 valence electrons. The summed E-state index contributed by atoms with van der Waals surface area (Å²) in [5.74, 6) is 1.50. The van der Waals surface area contributed by atoms with Crippen LogP contribution in [-0.4, -0.2) is 17.5 Å². The molecule has 0 amide bonds. The number of hydrogen-bond donors (Lipinski definition) is 1. The molecule has 0 spiro atoms. The highest BCUT2D eigenvalue weighted by Gasteiger charge is 2.02. The van der Waals surface area contributed by atoms with E-state index in [0.29, 0.717) is 18.1 Å². The fourth-order valence-corrected chi connectivity index (χ4v) is 1.85. The van der Waals surface area contributed by atoms with Crippen LogP contribution in [0.25, 0.3) is 0 Å². The van der Waals surface area contributed by atoms with Gasteiger partial charge in [0.1, 0.15) is 5.75 Å². The van der Waals surface area contributed by atoms with Gasteiger partial charge in [-0.3, -0.25) is 0 Å². The van der Waals surface area contributed by atoms with Gasteiger partial charge in [-0.1, -0.05) is 37.6 Å². The second-order valence-corrected chi connectivity index (χ2v) is 4.86. The molecule has 1 aromatic rings. The standard InChI is InChI=1S/C15H23NO2/c1-4-5-12(2)11-18-15-8-6-14(7-9-15)10-13(3)16-17/h6-9,12,17H,4-5,10-11H2,1-3H3/b16-13+. The van der Waals surface area contributed by atoms with Crippen molar-refractivity contribution in [3.05, 3.63) is 29.8 Å². The Kier molecular flexibility index (Phi) is 6.26. The lowest BCUT2D eigenvalue weighted by molar-refractivity contribution is 0.251. The molecule has 0 aliphatic rings. The lowest BCUT2D eigenvalue weighted by Crippen LogP contribution is -2.08. The van der Waals surface area contributed by atoms with E-state index in [1.807, 2.05) is 24.3 Å². The summed E-state index contributed by atoms with van der Waals surface area (Å²) in [5.41, 5.74) is 1.83. The average molecular weight is 249 g/mol. The molecule has 0 fully saturated rings. The zero-order valence-electron chi connectivity index (χ0n) is 11.5. The molecule has 1 atom stereocenters. The van der Waals surface area contributed by atoms with Crippen LogP contribution in [0.15, 0.2) is 29.4 Å². The Balaban J connectivity index is 2.45. The maximum Gasteiger partial charge on any atom is 0.119 e. The minimum atomic E-state index is 0.596. The van der Waals surface area contributed by atoms with Gasteiger partial charge in [0.15, 0.2) is 0 Å². The lowest BCUT2D eigenvalue weighted by atomic mass is 10.1. The lowest BCUT2D eigenvalue weighted by Gasteiger charge is -2.12. The molecule has 3 nitrogen and oxygen atoms in total. The van der Waals surface area contributed by atoms with Gasteiger partial charge in [0.25, 0.3) is 0 Å². The zero-order chi connectivity index (χ0) is 13.4. The Hall–Kier alpha value is -1.51. The van der Waals surface area contributed by atoms with Gasteiger partial charge in [-0.2, -0.15) is 0 Å². The molecule has 0 heterocycles. The molecule has 3 heteroatoms. The van der Waals surface area contributed by atoms with E-state index in [1.165, 1.54) is 12.8 Å². The number of oxime groups is 1. The van der Waals surface area contributed by atoms with E-state index in [0.717, 1.165) is 17.9 Å². The van der Waals surface area contributed by atoms with Gasteiger partial charge in [0.05, 0.1) is 12.3 Å². The highest BCUT2D eigenvalue weighted by molar-refractivity contribution is 5.83. The summed E-state index contributed by atoms with van der Waals surface area (Å²) in [5, 5.41) is 11.8. The van der Waals surface area contributed by atoms with Crippen molar-refractivity contribution in [2.75, 3.05) is 6.61 Å². The van der Waals surface area contributed by atoms with Crippen molar-refractivity contribution in [1.29, 1.82) is 0 Å². The van der Waals surface area contributed by atoms with Crippen molar-refractivity contribution in [2.45, 2.75) is 40.0 Å². The summed E-state index contributed by atoms with van der Waals surface area (Å²) in [4.78, 5) is 0. The molecule has 0 aromatic heterocycles. The number of benzene rings is 1. The molecule has 0 saturated heterocycles. The SMILES string of the molecule is CCCC(C)COc1ccc(C/C(C)=N/O)cc1. The first-order valence-corrected chi connectivity index (χ1v) is 6.55. The zero-order valence-corrected chi connectivity index (χ0v) is 11.5. The Morgan fingerprint density at radius 3 is 2.56 bits per heavy atom. The highest BCUT2D eigenvalue weighted by atomic mass is 16.5. The molecule has 0 radical (unpaired) electrons. The summed E-state index contributed by atoms with van der Waals surface area (Å²) >= 11 is 0. The average Bonchev–Trinajstić information content (AvgIpc) is 2.38. The van der Waals surface area contributed by atoms with Crippen LogP contribution in [0.5, 0.6) is 5.75 Å². The molecule has 1 N–H and O–H groups in total. The number of hydrogen-bond acceptors (Lipinski definition) is 3. The van der Waals surface area contributed by atoms with Gasteiger partial charge < -0.3 is 9.94 Å². The molecule has 18 heavy (non-hydrogen) atoms. The van der Waals surface area contributed by atoms with Crippen LogP contribution >= 0.6 is 0 Å². The maximum absolute atomic E-state index is 8.61. The Morgan fingerprint density at radius 2 is 2.00 bits per heavy atom. The monoisotopic (exact) mass is 249 g/mol. The minimum Gasteiger partial charge on any atom is -0.493 e. The molecular formula is C15H23NO2. The van der Waals surface area contributed by atoms with E-state index in [2.05, 4.69) is 19.0 Å². The maximum atomic E-state index is 8.61. The predicted molar refractivity (Wildman–Crippen MR) is 74.6 cm³/mol. The summed E-state index contributed by atoms with van der Waals surface area (Å²) in [7, 11) is 0. The van der Waals surface area contributed by atoms with Gasteiger partial charge in [0, 0.05) is 6.42 Å². The number of nitrogens with zero attached hydrogens (tertiary/aromatic N) is 1. The summed E-state index contributed by atoms with van der Waals surface area (Å²) in [6.07, 6.45) is 3.07. The first-order valence-electron chi connectivity index (χ1n) is 6.55. The largest absolute Gasteiger partial charge is 0.493 e. The van der Waals surface area contributed by atoms with Crippen molar-refractivity contribution in [2.24, 2.45) is 11.1 Å². The summed E-state index contributed by atoms with van der Waals surface area (Å²) in [6.45, 7) is 6.97. The fourth-order valence-electron chi connectivity index (χ4n) is 1.85. The van der Waals surface area contributed by atoms with Crippen molar-refractivity contribution in [1.82, 2.24) is 0 Å². The van der Waals surface area contributed by atoms with E-state index in [9.17, 15) is 0 Å². The van der Waals surface area contributed by atoms with Gasteiger partial charge in [-0.25, -0.2) is 0 Å². The minimum absolute atomic E-state index is 0.596. The van der Waals surface area contributed by atoms with Gasteiger partial charge in [-0.05, 0) is 37.0 Å². The van der Waals surface area contributed by atoms with Crippen molar-refractivity contribution in [3.63, 3.8) is 0 Å². The fraction of sp³-hybridized carbons (Fsp3) is 0.533. The Labute approximate surface area is 109 Å². The molecule has 1 unspecified atom stereocenters. The molecule has 0 saturated carbocycles. The number of ether oxygens (including phenoxy) is 1. The summed E-state index contributed by atoms with van der Waals surface area (Å²) in [6, 6.07) is 7.96. The van der Waals surface area contributed by atoms with Crippen LogP contribution in [0.4, 0.5) is 0 Å². The first kappa shape index (κ1) is 14.6. The van der Waals surface area contributed by atoms with E-state index in [4.69, 9.17) is 9.94 Å². The Bertz CT molecular complexity index is 371. The van der Waals surface area contributed by atoms with Gasteiger partial charge in [-0.15, -0.1) is 0 Å². The highest BCUT2D eigenvalue weighted by Crippen LogP contribution is 2.15. The van der Waals surface area contributed by atoms with Crippen LogP contribution in [-0.2, 0) is 6.42 Å². The van der Waals surface area contributed by atoms with Crippen LogP contribution in [0.1, 0.15) is 39.2 Å². The van der Waals surface area contributed by atoms with Crippen molar-refractivity contribution >= 4 is 5.71 Å². The molecule has 0 bridgehead atoms. The van der Waals surface area contributed by atoms with E-state index < -0.39 is 0 Å². The second kappa shape index (κ2) is 7.75. The first-order chi connectivity index (χ1) is 8.65. The Morgan fingerprint density at radius 1 is 1.33 bits per heavy atom. The summed E-state index contributed by atoms with van der Waals surface area (Å²) < 4.78 is 5.73. The van der Waals surface area contributed by atoms with E-state index in [1.54, 1.807) is 6.92 Å². The van der Waals surface area contributed by atoms with Crippen LogP contribution in [0.3, 0.4) is 0 Å². The topological polar surface area (TPSA) is 41.8 Å². The molecule has 1 aromatic carbocycles. The van der Waals surface area contributed by atoms with Crippen LogP contribution in [0.2, 0.25) is 0 Å². The van der Waals surface area contributed by atoms with Crippen LogP contribution in [0, 0.1) is 5.92 Å². The smallest absolute Gasteiger partial charge is 0.119 e. The molecule has 1 rings (SSSR count). The normalized spacial score (nSPS) is 13.4. The molecular weight excluding hydrogens is 226 g/mol. The van der Waals surface area contributed by atoms with E-state index >= 15 is 0 Å². The second-order valence-electron chi connectivity index (χ2n) is 4.86. The van der Waals surface area contributed by atoms with Gasteiger partial charge in [0.2, 0.25) is 0 Å². The van der Waals surface area contributed by atoms with Crippen molar-refractivity contribution < 1.29 is 9.94 Å². The predicted octanol–water partition coefficient (Wildman–Crippen LogP) is 3.89. The third-order valence-electron chi connectivity index (χ3n) is 2.87. The molecule has 0 aliphatic carbocycles. The van der Waals surface area contributed by atoms with Crippen molar-refractivity contribution in [3.8, 4) is 5.75 Å². The number of rotatable bonds is 7. The van der Waals surface area contributed by atoms with Crippen LogP contribution < -0.4 is 4.74 Å². The quantitative estimate of drug-likeness (QED) is 0.452. The molecule has 0 aliphatic heterocycles. The van der Waals surface area contributed by atoms with Gasteiger partial charge >= 0.3 is 0 Å². The third-order valence-corrected chi connectivity index (χ3v) is 2.87.